The van der Waals surface area contributed by atoms with Gasteiger partial charge in [-0.1, -0.05) is 0 Å². The van der Waals surface area contributed by atoms with E-state index in [0.717, 1.165) is 49.4 Å². The van der Waals surface area contributed by atoms with Gasteiger partial charge in [0.25, 0.3) is 5.91 Å². The molecule has 0 N–H and O–H groups in total. The minimum atomic E-state index is -0.638. The average molecular weight is 398 g/mol. The van der Waals surface area contributed by atoms with Gasteiger partial charge in [0.05, 0.1) is 5.69 Å². The first-order chi connectivity index (χ1) is 14.0. The van der Waals surface area contributed by atoms with Crippen LogP contribution in [-0.4, -0.2) is 58.5 Å². The van der Waals surface area contributed by atoms with E-state index in [0.29, 0.717) is 24.8 Å². The molecule has 0 radical (unpaired) electrons. The smallest absolute Gasteiger partial charge is 0.263 e. The van der Waals surface area contributed by atoms with Gasteiger partial charge in [0.15, 0.2) is 6.10 Å². The van der Waals surface area contributed by atoms with Crippen LogP contribution in [-0.2, 0) is 17.8 Å². The lowest BCUT2D eigenvalue weighted by atomic mass is 9.95. The first-order valence-electron chi connectivity index (χ1n) is 10.2. The Morgan fingerprint density at radius 2 is 1.93 bits per heavy atom. The molecule has 3 heterocycles. The zero-order valence-electron chi connectivity index (χ0n) is 17.0. The number of halogens is 1. The van der Waals surface area contributed by atoms with Gasteiger partial charge in [-0.15, -0.1) is 0 Å². The Bertz CT molecular complexity index is 866. The fourth-order valence-corrected chi connectivity index (χ4v) is 4.01. The van der Waals surface area contributed by atoms with E-state index in [-0.39, 0.29) is 11.7 Å². The highest BCUT2D eigenvalue weighted by molar-refractivity contribution is 5.81. The van der Waals surface area contributed by atoms with Crippen molar-refractivity contribution in [1.29, 1.82) is 0 Å². The van der Waals surface area contributed by atoms with Gasteiger partial charge in [-0.25, -0.2) is 14.4 Å². The standard InChI is InChI=1S/C22H27FN4O2/c1-15(29-19-5-3-18(23)4-6-19)22(28)27-12-9-20-17(14-27)13-24-21(25-20)16-7-10-26(2)11-8-16/h3-6,13,15-16H,7-12,14H2,1-2H3/t15-/m1/s1. The van der Waals surface area contributed by atoms with Gasteiger partial charge in [-0.3, -0.25) is 4.79 Å². The first kappa shape index (κ1) is 19.8. The number of nitrogens with zero attached hydrogens (tertiary/aromatic N) is 4. The number of ether oxygens (including phenoxy) is 1. The van der Waals surface area contributed by atoms with Gasteiger partial charge in [0, 0.05) is 37.2 Å². The number of piperidine rings is 1. The van der Waals surface area contributed by atoms with Crippen molar-refractivity contribution in [3.63, 3.8) is 0 Å². The molecule has 1 aromatic heterocycles. The SMILES string of the molecule is C[C@@H](Oc1ccc(F)cc1)C(=O)N1CCc2nc(C3CCN(C)CC3)ncc2C1. The van der Waals surface area contributed by atoms with Crippen LogP contribution in [0, 0.1) is 5.82 Å². The predicted octanol–water partition coefficient (Wildman–Crippen LogP) is 2.78. The summed E-state index contributed by atoms with van der Waals surface area (Å²) in [5.41, 5.74) is 2.07. The third-order valence-electron chi connectivity index (χ3n) is 5.82. The average Bonchev–Trinajstić information content (AvgIpc) is 2.74. The van der Waals surface area contributed by atoms with Gasteiger partial charge >= 0.3 is 0 Å². The topological polar surface area (TPSA) is 58.6 Å². The normalized spacial score (nSPS) is 18.9. The highest BCUT2D eigenvalue weighted by Crippen LogP contribution is 2.27. The van der Waals surface area contributed by atoms with E-state index in [1.54, 1.807) is 11.8 Å². The summed E-state index contributed by atoms with van der Waals surface area (Å²) in [7, 11) is 2.15. The first-order valence-corrected chi connectivity index (χ1v) is 10.2. The second-order valence-corrected chi connectivity index (χ2v) is 8.00. The minimum Gasteiger partial charge on any atom is -0.481 e. The maximum absolute atomic E-state index is 13.0. The van der Waals surface area contributed by atoms with E-state index in [1.807, 2.05) is 6.20 Å². The van der Waals surface area contributed by atoms with Crippen LogP contribution in [0.3, 0.4) is 0 Å². The molecule has 2 aliphatic heterocycles. The largest absolute Gasteiger partial charge is 0.481 e. The summed E-state index contributed by atoms with van der Waals surface area (Å²) in [5.74, 6) is 1.45. The van der Waals surface area contributed by atoms with Crippen LogP contribution in [0.5, 0.6) is 5.75 Å². The predicted molar refractivity (Wildman–Crippen MR) is 107 cm³/mol. The van der Waals surface area contributed by atoms with E-state index in [1.165, 1.54) is 24.3 Å². The molecule has 1 atom stereocenters. The van der Waals surface area contributed by atoms with E-state index in [2.05, 4.69) is 16.9 Å². The molecule has 2 aliphatic rings. The highest BCUT2D eigenvalue weighted by Gasteiger charge is 2.28. The minimum absolute atomic E-state index is 0.0839. The van der Waals surface area contributed by atoms with Crippen molar-refractivity contribution < 1.29 is 13.9 Å². The Morgan fingerprint density at radius 1 is 1.21 bits per heavy atom. The number of hydrogen-bond donors (Lipinski definition) is 0. The molecule has 6 nitrogen and oxygen atoms in total. The molecule has 0 unspecified atom stereocenters. The van der Waals surface area contributed by atoms with Crippen molar-refractivity contribution in [3.8, 4) is 5.75 Å². The monoisotopic (exact) mass is 398 g/mol. The number of fused-ring (bicyclic) bond motifs is 1. The van der Waals surface area contributed by atoms with Crippen molar-refractivity contribution in [1.82, 2.24) is 19.8 Å². The summed E-state index contributed by atoms with van der Waals surface area (Å²) in [6.07, 6.45) is 4.17. The van der Waals surface area contributed by atoms with Crippen LogP contribution in [0.1, 0.15) is 42.8 Å². The summed E-state index contributed by atoms with van der Waals surface area (Å²) in [6.45, 7) is 5.01. The quantitative estimate of drug-likeness (QED) is 0.793. The number of carbonyl (C=O) groups is 1. The van der Waals surface area contributed by atoms with Gasteiger partial charge in [0.1, 0.15) is 17.4 Å². The highest BCUT2D eigenvalue weighted by atomic mass is 19.1. The molecule has 4 rings (SSSR count). The number of aromatic nitrogens is 2. The lowest BCUT2D eigenvalue weighted by Crippen LogP contribution is -2.43. The third kappa shape index (κ3) is 4.56. The molecule has 7 heteroatoms. The van der Waals surface area contributed by atoms with Crippen LogP contribution in [0.25, 0.3) is 0 Å². The summed E-state index contributed by atoms with van der Waals surface area (Å²) >= 11 is 0. The van der Waals surface area contributed by atoms with E-state index in [4.69, 9.17) is 9.72 Å². The van der Waals surface area contributed by atoms with Crippen molar-refractivity contribution in [3.05, 3.63) is 53.4 Å². The Labute approximate surface area is 170 Å². The number of amides is 1. The van der Waals surface area contributed by atoms with Crippen LogP contribution >= 0.6 is 0 Å². The maximum Gasteiger partial charge on any atom is 0.263 e. The van der Waals surface area contributed by atoms with Gasteiger partial charge in [0.2, 0.25) is 0 Å². The van der Waals surface area contributed by atoms with Crippen LogP contribution in [0.4, 0.5) is 4.39 Å². The number of benzene rings is 1. The lowest BCUT2D eigenvalue weighted by molar-refractivity contribution is -0.138. The summed E-state index contributed by atoms with van der Waals surface area (Å²) in [5, 5.41) is 0. The Hall–Kier alpha value is -2.54. The number of likely N-dealkylation sites (tertiary alicyclic amines) is 1. The van der Waals surface area contributed by atoms with Gasteiger partial charge < -0.3 is 14.5 Å². The third-order valence-corrected chi connectivity index (χ3v) is 5.82. The molecule has 1 fully saturated rings. The van der Waals surface area contributed by atoms with Crippen LogP contribution < -0.4 is 4.74 Å². The molecule has 1 aromatic carbocycles. The molecular weight excluding hydrogens is 371 g/mol. The molecule has 154 valence electrons. The maximum atomic E-state index is 13.0. The molecule has 0 aliphatic carbocycles. The molecule has 0 bridgehead atoms. The Morgan fingerprint density at radius 3 is 2.66 bits per heavy atom. The van der Waals surface area contributed by atoms with Crippen molar-refractivity contribution >= 4 is 5.91 Å². The molecule has 1 saturated heterocycles. The summed E-state index contributed by atoms with van der Waals surface area (Å²) < 4.78 is 18.7. The molecule has 2 aromatic rings. The molecule has 29 heavy (non-hydrogen) atoms. The molecular formula is C22H27FN4O2. The van der Waals surface area contributed by atoms with E-state index in [9.17, 15) is 9.18 Å². The fraction of sp³-hybridized carbons (Fsp3) is 0.500. The second kappa shape index (κ2) is 8.45. The summed E-state index contributed by atoms with van der Waals surface area (Å²) in [4.78, 5) is 26.4. The summed E-state index contributed by atoms with van der Waals surface area (Å²) in [6, 6.07) is 5.71. The number of hydrogen-bond acceptors (Lipinski definition) is 5. The molecule has 0 spiro atoms. The van der Waals surface area contributed by atoms with E-state index < -0.39 is 6.10 Å². The Balaban J connectivity index is 1.39. The zero-order chi connectivity index (χ0) is 20.4. The van der Waals surface area contributed by atoms with Gasteiger partial charge in [-0.2, -0.15) is 0 Å². The fourth-order valence-electron chi connectivity index (χ4n) is 4.01. The van der Waals surface area contributed by atoms with Crippen LogP contribution in [0.15, 0.2) is 30.5 Å². The van der Waals surface area contributed by atoms with Crippen LogP contribution in [0.2, 0.25) is 0 Å². The molecule has 0 saturated carbocycles. The number of carbonyl (C=O) groups excluding carboxylic acids is 1. The second-order valence-electron chi connectivity index (χ2n) is 8.00. The zero-order valence-corrected chi connectivity index (χ0v) is 17.0. The van der Waals surface area contributed by atoms with Crippen molar-refractivity contribution in [2.45, 2.75) is 44.8 Å². The van der Waals surface area contributed by atoms with Gasteiger partial charge in [-0.05, 0) is 64.2 Å². The van der Waals surface area contributed by atoms with E-state index >= 15 is 0 Å². The van der Waals surface area contributed by atoms with Crippen molar-refractivity contribution in [2.24, 2.45) is 0 Å². The Kier molecular flexibility index (Phi) is 5.76. The van der Waals surface area contributed by atoms with Crippen molar-refractivity contribution in [2.75, 3.05) is 26.7 Å². The lowest BCUT2D eigenvalue weighted by Gasteiger charge is -2.31. The number of rotatable bonds is 4. The molecule has 1 amide bonds.